The third-order valence-electron chi connectivity index (χ3n) is 3.01. The van der Waals surface area contributed by atoms with Crippen molar-refractivity contribution in [1.29, 1.82) is 0 Å². The van der Waals surface area contributed by atoms with Gasteiger partial charge in [-0.3, -0.25) is 4.98 Å². The molecule has 0 bridgehead atoms. The van der Waals surface area contributed by atoms with Crippen molar-refractivity contribution in [2.24, 2.45) is 0 Å². The zero-order valence-corrected chi connectivity index (χ0v) is 11.3. The lowest BCUT2D eigenvalue weighted by atomic mass is 10.3. The molecule has 0 atom stereocenters. The first kappa shape index (κ1) is 13.0. The highest BCUT2D eigenvalue weighted by molar-refractivity contribution is 5.37. The Morgan fingerprint density at radius 2 is 2.22 bits per heavy atom. The van der Waals surface area contributed by atoms with Gasteiger partial charge in [-0.15, -0.1) is 0 Å². The number of anilines is 1. The Bertz CT molecular complexity index is 395. The van der Waals surface area contributed by atoms with Crippen LogP contribution in [0.5, 0.6) is 0 Å². The summed E-state index contributed by atoms with van der Waals surface area (Å²) in [6.45, 7) is 10.7. The number of aromatic nitrogens is 2. The molecule has 98 valence electrons. The summed E-state index contributed by atoms with van der Waals surface area (Å²) in [5, 5.41) is 3.44. The van der Waals surface area contributed by atoms with Crippen molar-refractivity contribution < 1.29 is 0 Å². The summed E-state index contributed by atoms with van der Waals surface area (Å²) in [5.41, 5.74) is 2.15. The van der Waals surface area contributed by atoms with Crippen LogP contribution in [0.4, 0.5) is 5.82 Å². The largest absolute Gasteiger partial charge is 0.352 e. The molecule has 0 unspecified atom stereocenters. The summed E-state index contributed by atoms with van der Waals surface area (Å²) in [4.78, 5) is 11.1. The maximum absolute atomic E-state index is 4.48. The van der Waals surface area contributed by atoms with Crippen molar-refractivity contribution in [2.45, 2.75) is 39.3 Å². The molecule has 1 aliphatic carbocycles. The number of hydrogen-bond acceptors (Lipinski definition) is 4. The van der Waals surface area contributed by atoms with E-state index in [1.165, 1.54) is 12.8 Å². The monoisotopic (exact) mass is 246 g/mol. The number of nitrogens with one attached hydrogen (secondary N) is 1. The predicted molar refractivity (Wildman–Crippen MR) is 74.6 cm³/mol. The summed E-state index contributed by atoms with van der Waals surface area (Å²) >= 11 is 0. The first-order valence-electron chi connectivity index (χ1n) is 6.62. The Balaban J connectivity index is 1.93. The number of hydrogen-bond donors (Lipinski definition) is 1. The number of nitrogens with zero attached hydrogens (tertiary/aromatic N) is 3. The van der Waals surface area contributed by atoms with Crippen molar-refractivity contribution in [3.8, 4) is 0 Å². The van der Waals surface area contributed by atoms with E-state index in [0.717, 1.165) is 36.7 Å². The van der Waals surface area contributed by atoms with Gasteiger partial charge in [0.05, 0.1) is 18.1 Å². The summed E-state index contributed by atoms with van der Waals surface area (Å²) < 4.78 is 0. The molecule has 1 N–H and O–H groups in total. The van der Waals surface area contributed by atoms with Gasteiger partial charge in [-0.25, -0.2) is 4.98 Å². The first-order valence-corrected chi connectivity index (χ1v) is 6.62. The highest BCUT2D eigenvalue weighted by atomic mass is 15.2. The highest BCUT2D eigenvalue weighted by Crippen LogP contribution is 2.19. The van der Waals surface area contributed by atoms with E-state index in [-0.39, 0.29) is 0 Å². The van der Waals surface area contributed by atoms with E-state index in [1.54, 1.807) is 0 Å². The van der Waals surface area contributed by atoms with Crippen molar-refractivity contribution in [3.63, 3.8) is 0 Å². The second-order valence-corrected chi connectivity index (χ2v) is 4.99. The number of rotatable bonds is 7. The fraction of sp³-hybridized carbons (Fsp3) is 0.571. The summed E-state index contributed by atoms with van der Waals surface area (Å²) in [6.07, 6.45) is 6.32. The zero-order valence-electron chi connectivity index (χ0n) is 11.3. The van der Waals surface area contributed by atoms with Gasteiger partial charge in [0.2, 0.25) is 0 Å². The van der Waals surface area contributed by atoms with Gasteiger partial charge < -0.3 is 10.2 Å². The lowest BCUT2D eigenvalue weighted by Gasteiger charge is -2.21. The summed E-state index contributed by atoms with van der Waals surface area (Å²) in [6, 6.07) is 0.710. The van der Waals surface area contributed by atoms with E-state index in [2.05, 4.69) is 33.7 Å². The molecule has 4 heteroatoms. The van der Waals surface area contributed by atoms with Crippen LogP contribution in [0, 0.1) is 0 Å². The van der Waals surface area contributed by atoms with Crippen molar-refractivity contribution >= 4 is 5.82 Å². The predicted octanol–water partition coefficient (Wildman–Crippen LogP) is 2.13. The minimum atomic E-state index is 0.710. The average molecular weight is 246 g/mol. The Morgan fingerprint density at radius 3 is 2.72 bits per heavy atom. The number of likely N-dealkylation sites (N-methyl/N-ethyl adjacent to an activating group) is 1. The van der Waals surface area contributed by atoms with Crippen LogP contribution in [0.3, 0.4) is 0 Å². The molecule has 0 aromatic carbocycles. The van der Waals surface area contributed by atoms with Crippen molar-refractivity contribution in [3.05, 3.63) is 30.2 Å². The van der Waals surface area contributed by atoms with E-state index in [1.807, 2.05) is 19.3 Å². The van der Waals surface area contributed by atoms with Crippen LogP contribution < -0.4 is 10.2 Å². The lowest BCUT2D eigenvalue weighted by Crippen LogP contribution is -2.26. The van der Waals surface area contributed by atoms with Crippen LogP contribution >= 0.6 is 0 Å². The van der Waals surface area contributed by atoms with E-state index >= 15 is 0 Å². The molecule has 0 aliphatic heterocycles. The van der Waals surface area contributed by atoms with E-state index in [4.69, 9.17) is 0 Å². The summed E-state index contributed by atoms with van der Waals surface area (Å²) in [5.74, 6) is 0.927. The maximum Gasteiger partial charge on any atom is 0.147 e. The lowest BCUT2D eigenvalue weighted by molar-refractivity contribution is 0.671. The van der Waals surface area contributed by atoms with E-state index in [9.17, 15) is 0 Å². The van der Waals surface area contributed by atoms with E-state index < -0.39 is 0 Å². The topological polar surface area (TPSA) is 41.1 Å². The molecule has 4 nitrogen and oxygen atoms in total. The van der Waals surface area contributed by atoms with Crippen LogP contribution in [0.2, 0.25) is 0 Å². The quantitative estimate of drug-likeness (QED) is 0.748. The Hall–Kier alpha value is -1.42. The molecule has 1 saturated carbocycles. The molecule has 0 spiro atoms. The molecule has 1 aromatic rings. The normalized spacial score (nSPS) is 14.6. The van der Waals surface area contributed by atoms with Crippen LogP contribution in [-0.4, -0.2) is 29.1 Å². The molecule has 1 fully saturated rings. The van der Waals surface area contributed by atoms with Gasteiger partial charge in [-0.05, 0) is 26.7 Å². The van der Waals surface area contributed by atoms with Gasteiger partial charge in [0.15, 0.2) is 0 Å². The Labute approximate surface area is 109 Å². The molecule has 0 saturated heterocycles. The van der Waals surface area contributed by atoms with Crippen LogP contribution in [0.25, 0.3) is 0 Å². The minimum absolute atomic E-state index is 0.710. The molecule has 1 aromatic heterocycles. The smallest absolute Gasteiger partial charge is 0.147 e. The fourth-order valence-corrected chi connectivity index (χ4v) is 1.82. The van der Waals surface area contributed by atoms with Gasteiger partial charge in [-0.1, -0.05) is 12.2 Å². The third kappa shape index (κ3) is 3.81. The molecule has 0 radical (unpaired) electrons. The molecular formula is C14H22N4. The zero-order chi connectivity index (χ0) is 13.0. The van der Waals surface area contributed by atoms with Crippen molar-refractivity contribution in [2.75, 3.05) is 18.0 Å². The summed E-state index contributed by atoms with van der Waals surface area (Å²) in [7, 11) is 0. The third-order valence-corrected chi connectivity index (χ3v) is 3.01. The molecule has 18 heavy (non-hydrogen) atoms. The van der Waals surface area contributed by atoms with Gasteiger partial charge in [0.1, 0.15) is 5.82 Å². The average Bonchev–Trinajstić information content (AvgIpc) is 3.18. The Morgan fingerprint density at radius 1 is 1.44 bits per heavy atom. The second-order valence-electron chi connectivity index (χ2n) is 4.99. The van der Waals surface area contributed by atoms with E-state index in [0.29, 0.717) is 6.04 Å². The van der Waals surface area contributed by atoms with Gasteiger partial charge in [0.25, 0.3) is 0 Å². The molecule has 1 aliphatic rings. The molecule has 0 amide bonds. The van der Waals surface area contributed by atoms with Gasteiger partial charge in [0, 0.05) is 25.7 Å². The van der Waals surface area contributed by atoms with Crippen molar-refractivity contribution in [1.82, 2.24) is 15.3 Å². The standard InChI is InChI=1S/C14H22N4/c1-4-18(10-11(2)3)14-9-16-13(8-17-14)7-15-12-5-6-12/h8-9,12,15H,2,4-7,10H2,1,3H3. The van der Waals surface area contributed by atoms with Crippen LogP contribution in [0.1, 0.15) is 32.4 Å². The molecule has 2 rings (SSSR count). The SMILES string of the molecule is C=C(C)CN(CC)c1cnc(CNC2CC2)cn1. The maximum atomic E-state index is 4.48. The minimum Gasteiger partial charge on any atom is -0.352 e. The second kappa shape index (κ2) is 5.96. The van der Waals surface area contributed by atoms with Crippen LogP contribution in [-0.2, 0) is 6.54 Å². The Kier molecular flexibility index (Phi) is 4.31. The van der Waals surface area contributed by atoms with Gasteiger partial charge in [-0.2, -0.15) is 0 Å². The highest BCUT2D eigenvalue weighted by Gasteiger charge is 2.20. The first-order chi connectivity index (χ1) is 8.69. The molecular weight excluding hydrogens is 224 g/mol. The van der Waals surface area contributed by atoms with Crippen LogP contribution in [0.15, 0.2) is 24.5 Å². The molecule has 1 heterocycles. The van der Waals surface area contributed by atoms with Gasteiger partial charge >= 0.3 is 0 Å². The fourth-order valence-electron chi connectivity index (χ4n) is 1.82.